The summed E-state index contributed by atoms with van der Waals surface area (Å²) >= 11 is 0. The lowest BCUT2D eigenvalue weighted by Crippen LogP contribution is -2.22. The summed E-state index contributed by atoms with van der Waals surface area (Å²) in [6, 6.07) is 10.2. The number of benzene rings is 1. The number of aryl methyl sites for hydroxylation is 2. The van der Waals surface area contributed by atoms with E-state index in [0.29, 0.717) is 0 Å². The molecule has 0 fully saturated rings. The number of pyridine rings is 1. The molecule has 0 bridgehead atoms. The quantitative estimate of drug-likeness (QED) is 0.854. The molecule has 0 unspecified atom stereocenters. The predicted molar refractivity (Wildman–Crippen MR) is 81.5 cm³/mol. The molecule has 0 spiro atoms. The molecule has 0 aliphatic heterocycles. The van der Waals surface area contributed by atoms with E-state index in [1.165, 1.54) is 11.1 Å². The number of nitrogens with zero attached hydrogens (tertiary/aromatic N) is 2. The maximum absolute atomic E-state index is 6.10. The molecule has 1 aromatic carbocycles. The SMILES string of the molecule is Cc1cc(N)c(N(C)CCc2ccccn2)cc1C. The van der Waals surface area contributed by atoms with E-state index in [2.05, 4.69) is 42.9 Å². The average Bonchev–Trinajstić information content (AvgIpc) is 2.41. The minimum Gasteiger partial charge on any atom is -0.397 e. The first-order valence-corrected chi connectivity index (χ1v) is 6.55. The molecule has 3 nitrogen and oxygen atoms in total. The zero-order chi connectivity index (χ0) is 13.8. The van der Waals surface area contributed by atoms with Gasteiger partial charge >= 0.3 is 0 Å². The van der Waals surface area contributed by atoms with Gasteiger partial charge in [-0.15, -0.1) is 0 Å². The van der Waals surface area contributed by atoms with Crippen molar-refractivity contribution in [1.82, 2.24) is 4.98 Å². The topological polar surface area (TPSA) is 42.1 Å². The molecule has 2 N–H and O–H groups in total. The maximum Gasteiger partial charge on any atom is 0.0600 e. The Balaban J connectivity index is 2.08. The Morgan fingerprint density at radius 3 is 2.58 bits per heavy atom. The summed E-state index contributed by atoms with van der Waals surface area (Å²) in [5.41, 5.74) is 11.7. The highest BCUT2D eigenvalue weighted by atomic mass is 15.1. The first kappa shape index (κ1) is 13.4. The van der Waals surface area contributed by atoms with Crippen LogP contribution in [0.3, 0.4) is 0 Å². The Hall–Kier alpha value is -2.03. The van der Waals surface area contributed by atoms with Gasteiger partial charge in [0.15, 0.2) is 0 Å². The summed E-state index contributed by atoms with van der Waals surface area (Å²) in [7, 11) is 2.07. The first-order valence-electron chi connectivity index (χ1n) is 6.55. The van der Waals surface area contributed by atoms with Crippen LogP contribution in [-0.4, -0.2) is 18.6 Å². The fraction of sp³-hybridized carbons (Fsp3) is 0.312. The smallest absolute Gasteiger partial charge is 0.0600 e. The van der Waals surface area contributed by atoms with Crippen molar-refractivity contribution in [2.75, 3.05) is 24.2 Å². The molecular formula is C16H21N3. The van der Waals surface area contributed by atoms with Gasteiger partial charge in [-0.25, -0.2) is 0 Å². The van der Waals surface area contributed by atoms with E-state index in [1.807, 2.05) is 24.4 Å². The van der Waals surface area contributed by atoms with Crippen LogP contribution < -0.4 is 10.6 Å². The lowest BCUT2D eigenvalue weighted by atomic mass is 10.1. The molecule has 0 aliphatic carbocycles. The zero-order valence-electron chi connectivity index (χ0n) is 11.9. The van der Waals surface area contributed by atoms with Gasteiger partial charge in [0.05, 0.1) is 11.4 Å². The molecule has 0 radical (unpaired) electrons. The van der Waals surface area contributed by atoms with Crippen LogP contribution in [0.2, 0.25) is 0 Å². The molecule has 100 valence electrons. The third-order valence-electron chi connectivity index (χ3n) is 3.48. The summed E-state index contributed by atoms with van der Waals surface area (Å²) in [6.07, 6.45) is 2.75. The summed E-state index contributed by atoms with van der Waals surface area (Å²) in [5.74, 6) is 0. The van der Waals surface area contributed by atoms with Crippen LogP contribution in [0.5, 0.6) is 0 Å². The standard InChI is InChI=1S/C16H21N3/c1-12-10-15(17)16(11-13(12)2)19(3)9-7-14-6-4-5-8-18-14/h4-6,8,10-11H,7,9,17H2,1-3H3. The summed E-state index contributed by atoms with van der Waals surface area (Å²) < 4.78 is 0. The van der Waals surface area contributed by atoms with E-state index >= 15 is 0 Å². The minimum absolute atomic E-state index is 0.839. The van der Waals surface area contributed by atoms with Crippen LogP contribution in [-0.2, 0) is 6.42 Å². The average molecular weight is 255 g/mol. The highest BCUT2D eigenvalue weighted by Gasteiger charge is 2.07. The number of hydrogen-bond acceptors (Lipinski definition) is 3. The highest BCUT2D eigenvalue weighted by Crippen LogP contribution is 2.26. The van der Waals surface area contributed by atoms with Gasteiger partial charge in [0.25, 0.3) is 0 Å². The molecule has 3 heteroatoms. The van der Waals surface area contributed by atoms with Crippen LogP contribution in [0.4, 0.5) is 11.4 Å². The lowest BCUT2D eigenvalue weighted by molar-refractivity contribution is 0.853. The van der Waals surface area contributed by atoms with E-state index in [1.54, 1.807) is 0 Å². The van der Waals surface area contributed by atoms with Crippen LogP contribution in [0.15, 0.2) is 36.5 Å². The van der Waals surface area contributed by atoms with Crippen molar-refractivity contribution in [3.05, 3.63) is 53.3 Å². The molecule has 2 rings (SSSR count). The Morgan fingerprint density at radius 2 is 1.89 bits per heavy atom. The number of likely N-dealkylation sites (N-methyl/N-ethyl adjacent to an activating group) is 1. The molecular weight excluding hydrogens is 234 g/mol. The molecule has 0 atom stereocenters. The zero-order valence-corrected chi connectivity index (χ0v) is 11.9. The van der Waals surface area contributed by atoms with E-state index in [9.17, 15) is 0 Å². The van der Waals surface area contributed by atoms with Crippen molar-refractivity contribution in [2.24, 2.45) is 0 Å². The molecule has 0 saturated carbocycles. The van der Waals surface area contributed by atoms with Gasteiger partial charge in [-0.2, -0.15) is 0 Å². The van der Waals surface area contributed by atoms with Crippen molar-refractivity contribution in [3.63, 3.8) is 0 Å². The van der Waals surface area contributed by atoms with Gasteiger partial charge in [0, 0.05) is 31.9 Å². The number of rotatable bonds is 4. The molecule has 0 amide bonds. The second-order valence-electron chi connectivity index (χ2n) is 4.99. The Kier molecular flexibility index (Phi) is 4.05. The number of nitrogen functional groups attached to an aromatic ring is 1. The first-order chi connectivity index (χ1) is 9.08. The third-order valence-corrected chi connectivity index (χ3v) is 3.48. The Bertz CT molecular complexity index is 549. The van der Waals surface area contributed by atoms with Crippen LogP contribution in [0, 0.1) is 13.8 Å². The lowest BCUT2D eigenvalue weighted by Gasteiger charge is -2.22. The van der Waals surface area contributed by atoms with E-state index < -0.39 is 0 Å². The summed E-state index contributed by atoms with van der Waals surface area (Å²) in [5, 5.41) is 0. The Morgan fingerprint density at radius 1 is 1.16 bits per heavy atom. The van der Waals surface area contributed by atoms with Gasteiger partial charge in [0.2, 0.25) is 0 Å². The van der Waals surface area contributed by atoms with Crippen molar-refractivity contribution in [3.8, 4) is 0 Å². The van der Waals surface area contributed by atoms with Crippen molar-refractivity contribution >= 4 is 11.4 Å². The predicted octanol–water partition coefficient (Wildman–Crippen LogP) is 2.96. The van der Waals surface area contributed by atoms with Crippen molar-refractivity contribution < 1.29 is 0 Å². The second kappa shape index (κ2) is 5.74. The fourth-order valence-electron chi connectivity index (χ4n) is 2.10. The number of hydrogen-bond donors (Lipinski definition) is 1. The van der Waals surface area contributed by atoms with Gasteiger partial charge in [-0.05, 0) is 49.2 Å². The number of nitrogens with two attached hydrogens (primary N) is 1. The monoisotopic (exact) mass is 255 g/mol. The minimum atomic E-state index is 0.839. The van der Waals surface area contributed by atoms with Gasteiger partial charge in [0.1, 0.15) is 0 Å². The molecule has 0 aliphatic rings. The van der Waals surface area contributed by atoms with Crippen LogP contribution in [0.25, 0.3) is 0 Å². The van der Waals surface area contributed by atoms with E-state index in [-0.39, 0.29) is 0 Å². The summed E-state index contributed by atoms with van der Waals surface area (Å²) in [6.45, 7) is 5.11. The maximum atomic E-state index is 6.10. The van der Waals surface area contributed by atoms with E-state index in [0.717, 1.165) is 30.0 Å². The van der Waals surface area contributed by atoms with Crippen molar-refractivity contribution in [2.45, 2.75) is 20.3 Å². The molecule has 1 aromatic heterocycles. The number of anilines is 2. The molecule has 19 heavy (non-hydrogen) atoms. The fourth-order valence-corrected chi connectivity index (χ4v) is 2.10. The Labute approximate surface area is 115 Å². The van der Waals surface area contributed by atoms with Gasteiger partial charge in [-0.1, -0.05) is 6.07 Å². The molecule has 0 saturated heterocycles. The van der Waals surface area contributed by atoms with Crippen LogP contribution >= 0.6 is 0 Å². The second-order valence-corrected chi connectivity index (χ2v) is 4.99. The number of aromatic nitrogens is 1. The van der Waals surface area contributed by atoms with E-state index in [4.69, 9.17) is 5.73 Å². The summed E-state index contributed by atoms with van der Waals surface area (Å²) in [4.78, 5) is 6.53. The third kappa shape index (κ3) is 3.25. The van der Waals surface area contributed by atoms with Gasteiger partial charge < -0.3 is 10.6 Å². The van der Waals surface area contributed by atoms with Crippen molar-refractivity contribution in [1.29, 1.82) is 0 Å². The largest absolute Gasteiger partial charge is 0.397 e. The van der Waals surface area contributed by atoms with Crippen LogP contribution in [0.1, 0.15) is 16.8 Å². The highest BCUT2D eigenvalue weighted by molar-refractivity contribution is 5.69. The molecule has 2 aromatic rings. The molecule has 1 heterocycles. The normalized spacial score (nSPS) is 10.5. The van der Waals surface area contributed by atoms with Gasteiger partial charge in [-0.3, -0.25) is 4.98 Å².